The van der Waals surface area contributed by atoms with Crippen LogP contribution in [0.4, 0.5) is 17.1 Å². The van der Waals surface area contributed by atoms with E-state index >= 15 is 0 Å². The van der Waals surface area contributed by atoms with Crippen LogP contribution in [0.1, 0.15) is 12.0 Å². The Kier molecular flexibility index (Phi) is 6.95. The van der Waals surface area contributed by atoms with E-state index in [1.165, 1.54) is 18.9 Å². The molecule has 8 heteroatoms. The van der Waals surface area contributed by atoms with Gasteiger partial charge in [0.1, 0.15) is 0 Å². The summed E-state index contributed by atoms with van der Waals surface area (Å²) < 4.78 is 4.76. The summed E-state index contributed by atoms with van der Waals surface area (Å²) >= 11 is 7.29. The summed E-state index contributed by atoms with van der Waals surface area (Å²) in [6.45, 7) is 1.90. The molecule has 1 aliphatic rings. The third-order valence-electron chi connectivity index (χ3n) is 4.11. The van der Waals surface area contributed by atoms with Crippen molar-refractivity contribution >= 4 is 57.3 Å². The van der Waals surface area contributed by atoms with Gasteiger partial charge in [-0.15, -0.1) is 0 Å². The van der Waals surface area contributed by atoms with Crippen LogP contribution in [0.25, 0.3) is 0 Å². The van der Waals surface area contributed by atoms with Gasteiger partial charge in [0.25, 0.3) is 0 Å². The molecule has 1 amide bonds. The number of esters is 1. The maximum absolute atomic E-state index is 12.4. The van der Waals surface area contributed by atoms with Crippen molar-refractivity contribution in [3.05, 3.63) is 64.8 Å². The van der Waals surface area contributed by atoms with E-state index in [4.69, 9.17) is 16.3 Å². The van der Waals surface area contributed by atoms with Crippen LogP contribution in [-0.2, 0) is 14.3 Å². The Morgan fingerprint density at radius 1 is 1.24 bits per heavy atom. The highest BCUT2D eigenvalue weighted by molar-refractivity contribution is 8.14. The van der Waals surface area contributed by atoms with Crippen LogP contribution < -0.4 is 10.6 Å². The second kappa shape index (κ2) is 9.62. The molecule has 0 spiro atoms. The number of aliphatic imine (C=N–C) groups is 1. The van der Waals surface area contributed by atoms with Crippen LogP contribution in [0.3, 0.4) is 0 Å². The number of amides is 1. The molecule has 1 aliphatic heterocycles. The number of hydrogen-bond donors (Lipinski definition) is 2. The van der Waals surface area contributed by atoms with E-state index in [2.05, 4.69) is 15.6 Å². The van der Waals surface area contributed by atoms with E-state index in [0.717, 1.165) is 16.9 Å². The van der Waals surface area contributed by atoms with Gasteiger partial charge in [-0.2, -0.15) is 0 Å². The third kappa shape index (κ3) is 5.85. The van der Waals surface area contributed by atoms with E-state index in [1.54, 1.807) is 18.2 Å². The molecule has 0 aromatic heterocycles. The first-order valence-electron chi connectivity index (χ1n) is 8.85. The van der Waals surface area contributed by atoms with Crippen molar-refractivity contribution in [3.63, 3.8) is 0 Å². The van der Waals surface area contributed by atoms with Gasteiger partial charge >= 0.3 is 5.97 Å². The minimum Gasteiger partial charge on any atom is -0.469 e. The maximum Gasteiger partial charge on any atom is 0.311 e. The van der Waals surface area contributed by atoms with Crippen molar-refractivity contribution in [2.75, 3.05) is 23.5 Å². The van der Waals surface area contributed by atoms with Crippen molar-refractivity contribution in [2.24, 2.45) is 4.99 Å². The highest BCUT2D eigenvalue weighted by Gasteiger charge is 2.15. The SMILES string of the molecule is COC(=O)CC1=CC(SCC(=O)Nc2cc(Cl)ccc2C)=Nc2ccccc2N1. The van der Waals surface area contributed by atoms with Gasteiger partial charge in [-0.1, -0.05) is 41.6 Å². The normalized spacial score (nSPS) is 12.7. The molecule has 29 heavy (non-hydrogen) atoms. The first-order chi connectivity index (χ1) is 13.9. The van der Waals surface area contributed by atoms with Crippen LogP contribution in [0.5, 0.6) is 0 Å². The molecule has 0 fully saturated rings. The van der Waals surface area contributed by atoms with Crippen LogP contribution in [0, 0.1) is 6.92 Å². The Hall–Kier alpha value is -2.77. The first-order valence-corrected chi connectivity index (χ1v) is 10.2. The number of thioether (sulfide) groups is 1. The summed E-state index contributed by atoms with van der Waals surface area (Å²) in [7, 11) is 1.35. The van der Waals surface area contributed by atoms with Gasteiger partial charge in [0.2, 0.25) is 5.91 Å². The number of methoxy groups -OCH3 is 1. The number of rotatable bonds is 5. The third-order valence-corrected chi connectivity index (χ3v) is 5.26. The molecule has 2 N–H and O–H groups in total. The van der Waals surface area contributed by atoms with E-state index in [9.17, 15) is 9.59 Å². The van der Waals surface area contributed by atoms with Gasteiger partial charge in [0.15, 0.2) is 0 Å². The fourth-order valence-electron chi connectivity index (χ4n) is 2.64. The van der Waals surface area contributed by atoms with Crippen molar-refractivity contribution < 1.29 is 14.3 Å². The maximum atomic E-state index is 12.4. The van der Waals surface area contributed by atoms with Crippen LogP contribution in [0.2, 0.25) is 5.02 Å². The summed E-state index contributed by atoms with van der Waals surface area (Å²) in [4.78, 5) is 28.8. The Bertz CT molecular complexity index is 1000. The Morgan fingerprint density at radius 3 is 2.83 bits per heavy atom. The predicted molar refractivity (Wildman–Crippen MR) is 119 cm³/mol. The molecule has 3 rings (SSSR count). The van der Waals surface area contributed by atoms with E-state index in [1.807, 2.05) is 37.3 Å². The number of fused-ring (bicyclic) bond motifs is 1. The lowest BCUT2D eigenvalue weighted by atomic mass is 10.2. The van der Waals surface area contributed by atoms with Crippen LogP contribution in [-0.4, -0.2) is 29.8 Å². The quantitative estimate of drug-likeness (QED) is 0.659. The summed E-state index contributed by atoms with van der Waals surface area (Å²) in [5, 5.41) is 7.27. The van der Waals surface area contributed by atoms with Crippen molar-refractivity contribution in [1.82, 2.24) is 0 Å². The molecule has 150 valence electrons. The number of carbonyl (C=O) groups is 2. The lowest BCUT2D eigenvalue weighted by Crippen LogP contribution is -2.16. The molecule has 0 radical (unpaired) electrons. The van der Waals surface area contributed by atoms with Gasteiger partial charge < -0.3 is 15.4 Å². The topological polar surface area (TPSA) is 79.8 Å². The number of halogens is 1. The second-order valence-electron chi connectivity index (χ2n) is 6.31. The van der Waals surface area contributed by atoms with E-state index < -0.39 is 0 Å². The number of ether oxygens (including phenoxy) is 1. The number of hydrogen-bond acceptors (Lipinski definition) is 6. The number of para-hydroxylation sites is 2. The van der Waals surface area contributed by atoms with Gasteiger partial charge in [-0.05, 0) is 42.8 Å². The molecule has 2 aromatic rings. The number of benzene rings is 2. The molecule has 0 saturated carbocycles. The molecule has 1 heterocycles. The fourth-order valence-corrected chi connectivity index (χ4v) is 3.55. The zero-order chi connectivity index (χ0) is 20.8. The van der Waals surface area contributed by atoms with Gasteiger partial charge in [-0.3, -0.25) is 9.59 Å². The Labute approximate surface area is 178 Å². The van der Waals surface area contributed by atoms with Gasteiger partial charge in [0, 0.05) is 16.4 Å². The van der Waals surface area contributed by atoms with Crippen molar-refractivity contribution in [3.8, 4) is 0 Å². The van der Waals surface area contributed by atoms with Crippen molar-refractivity contribution in [1.29, 1.82) is 0 Å². The van der Waals surface area contributed by atoms with E-state index in [0.29, 0.717) is 21.5 Å². The summed E-state index contributed by atoms with van der Waals surface area (Å²) in [5.41, 5.74) is 3.78. The molecular formula is C21H20ClN3O3S. The largest absolute Gasteiger partial charge is 0.469 e. The highest BCUT2D eigenvalue weighted by atomic mass is 35.5. The Balaban J connectivity index is 1.74. The number of nitrogens with zero attached hydrogens (tertiary/aromatic N) is 1. The molecule has 0 saturated heterocycles. The minimum absolute atomic E-state index is 0.0817. The van der Waals surface area contributed by atoms with Crippen molar-refractivity contribution in [2.45, 2.75) is 13.3 Å². The molecule has 0 bridgehead atoms. The highest BCUT2D eigenvalue weighted by Crippen LogP contribution is 2.31. The van der Waals surface area contributed by atoms with E-state index in [-0.39, 0.29) is 24.1 Å². The van der Waals surface area contributed by atoms with Gasteiger partial charge in [-0.25, -0.2) is 4.99 Å². The summed E-state index contributed by atoms with van der Waals surface area (Å²) in [6.07, 6.45) is 1.85. The first kappa shape index (κ1) is 21.0. The lowest BCUT2D eigenvalue weighted by Gasteiger charge is -2.09. The number of nitrogens with one attached hydrogen (secondary N) is 2. The zero-order valence-electron chi connectivity index (χ0n) is 16.0. The number of carbonyl (C=O) groups excluding carboxylic acids is 2. The molecular weight excluding hydrogens is 410 g/mol. The number of aryl methyl sites for hydroxylation is 1. The van der Waals surface area contributed by atoms with Gasteiger partial charge in [0.05, 0.1) is 35.7 Å². The summed E-state index contributed by atoms with van der Waals surface area (Å²) in [5.74, 6) is -0.368. The van der Waals surface area contributed by atoms with Crippen LogP contribution >= 0.6 is 23.4 Å². The zero-order valence-corrected chi connectivity index (χ0v) is 17.6. The Morgan fingerprint density at radius 2 is 2.03 bits per heavy atom. The lowest BCUT2D eigenvalue weighted by molar-refractivity contribution is -0.139. The summed E-state index contributed by atoms with van der Waals surface area (Å²) in [6, 6.07) is 12.9. The second-order valence-corrected chi connectivity index (χ2v) is 7.74. The average molecular weight is 430 g/mol. The van der Waals surface area contributed by atoms with Crippen LogP contribution in [0.15, 0.2) is 59.2 Å². The molecule has 0 aliphatic carbocycles. The monoisotopic (exact) mass is 429 g/mol. The molecule has 6 nitrogen and oxygen atoms in total. The number of anilines is 2. The molecule has 2 aromatic carbocycles. The predicted octanol–water partition coefficient (Wildman–Crippen LogP) is 4.92. The fraction of sp³-hybridized carbons (Fsp3) is 0.190. The average Bonchev–Trinajstić information content (AvgIpc) is 2.87. The molecule has 0 atom stereocenters. The molecule has 0 unspecified atom stereocenters. The minimum atomic E-state index is -0.360. The standard InChI is InChI=1S/C21H20ClN3O3S/c1-13-7-8-14(22)9-18(13)24-19(26)12-29-20-10-15(11-21(27)28-2)23-16-5-3-4-6-17(16)25-20/h3-10,23H,11-12H2,1-2H3,(H,24,26). The smallest absolute Gasteiger partial charge is 0.311 e.